The van der Waals surface area contributed by atoms with Crippen molar-refractivity contribution in [3.63, 3.8) is 0 Å². The second-order valence-electron chi connectivity index (χ2n) is 10.3. The van der Waals surface area contributed by atoms with Gasteiger partial charge in [-0.15, -0.1) is 0 Å². The van der Waals surface area contributed by atoms with Crippen molar-refractivity contribution in [2.24, 2.45) is 0 Å². The Hall–Kier alpha value is -3.47. The fraction of sp³-hybridized carbons (Fsp3) is 0.621. The van der Waals surface area contributed by atoms with Crippen LogP contribution in [0.1, 0.15) is 33.6 Å². The number of ether oxygens (including phenoxy) is 5. The molecule has 15 heteroatoms. The lowest BCUT2D eigenvalue weighted by molar-refractivity contribution is -0.136. The number of benzene rings is 1. The number of carbonyl (C=O) groups excluding carboxylic acids is 5. The van der Waals surface area contributed by atoms with E-state index in [0.29, 0.717) is 46.2 Å². The summed E-state index contributed by atoms with van der Waals surface area (Å²) in [6.45, 7) is 8.70. The van der Waals surface area contributed by atoms with Crippen LogP contribution in [0.5, 0.6) is 5.75 Å². The van der Waals surface area contributed by atoms with Crippen LogP contribution in [0.3, 0.4) is 0 Å². The Morgan fingerprint density at radius 1 is 0.864 bits per heavy atom. The van der Waals surface area contributed by atoms with Crippen molar-refractivity contribution < 1.29 is 47.7 Å². The van der Waals surface area contributed by atoms with Crippen molar-refractivity contribution in [2.45, 2.75) is 18.9 Å². The van der Waals surface area contributed by atoms with E-state index < -0.39 is 35.6 Å². The minimum Gasteiger partial charge on any atom is -0.483 e. The van der Waals surface area contributed by atoms with Gasteiger partial charge in [-0.1, -0.05) is 6.07 Å². The highest BCUT2D eigenvalue weighted by Gasteiger charge is 2.46. The van der Waals surface area contributed by atoms with Crippen LogP contribution in [0.2, 0.25) is 0 Å². The largest absolute Gasteiger partial charge is 0.483 e. The van der Waals surface area contributed by atoms with Gasteiger partial charge in [0.15, 0.2) is 6.61 Å². The molecule has 2 saturated heterocycles. The van der Waals surface area contributed by atoms with Crippen molar-refractivity contribution in [1.29, 1.82) is 0 Å². The van der Waals surface area contributed by atoms with Crippen LogP contribution in [0, 0.1) is 0 Å². The van der Waals surface area contributed by atoms with Gasteiger partial charge in [0.2, 0.25) is 11.8 Å². The Balaban J connectivity index is 1.01. The van der Waals surface area contributed by atoms with E-state index in [1.807, 2.05) is 0 Å². The van der Waals surface area contributed by atoms with E-state index in [4.69, 9.17) is 23.7 Å². The van der Waals surface area contributed by atoms with Gasteiger partial charge in [-0.2, -0.15) is 0 Å². The smallest absolute Gasteiger partial charge is 0.266 e. The van der Waals surface area contributed by atoms with Gasteiger partial charge in [0.05, 0.1) is 64.0 Å². The van der Waals surface area contributed by atoms with E-state index in [2.05, 4.69) is 20.9 Å². The molecule has 0 radical (unpaired) electrons. The highest BCUT2D eigenvalue weighted by atomic mass is 16.6. The van der Waals surface area contributed by atoms with Crippen LogP contribution >= 0.6 is 0 Å². The molecule has 242 valence electrons. The third-order valence-corrected chi connectivity index (χ3v) is 7.23. The van der Waals surface area contributed by atoms with Crippen molar-refractivity contribution in [2.75, 3.05) is 98.7 Å². The first-order chi connectivity index (χ1) is 21.5. The minimum absolute atomic E-state index is 0.0154. The maximum Gasteiger partial charge on any atom is 0.266 e. The van der Waals surface area contributed by atoms with Gasteiger partial charge < -0.3 is 34.3 Å². The quantitative estimate of drug-likeness (QED) is 0.122. The van der Waals surface area contributed by atoms with Gasteiger partial charge in [-0.3, -0.25) is 39.1 Å². The molecule has 1 aromatic carbocycles. The van der Waals surface area contributed by atoms with Gasteiger partial charge in [-0.05, 0) is 18.6 Å². The zero-order chi connectivity index (χ0) is 31.1. The van der Waals surface area contributed by atoms with Crippen molar-refractivity contribution in [3.05, 3.63) is 29.3 Å². The molecule has 0 saturated carbocycles. The number of nitrogens with zero attached hydrogens (tertiary/aromatic N) is 2. The summed E-state index contributed by atoms with van der Waals surface area (Å²) in [7, 11) is 0. The zero-order valence-electron chi connectivity index (χ0n) is 24.8. The molecule has 0 spiro atoms. The highest BCUT2D eigenvalue weighted by molar-refractivity contribution is 6.24. The van der Waals surface area contributed by atoms with E-state index in [1.165, 1.54) is 18.2 Å². The van der Waals surface area contributed by atoms with Crippen molar-refractivity contribution in [1.82, 2.24) is 25.8 Å². The number of imide groups is 2. The van der Waals surface area contributed by atoms with E-state index in [0.717, 1.165) is 37.6 Å². The normalized spacial score (nSPS) is 18.8. The van der Waals surface area contributed by atoms with E-state index in [1.54, 1.807) is 0 Å². The Morgan fingerprint density at radius 2 is 1.52 bits per heavy atom. The topological polar surface area (TPSA) is 174 Å². The molecule has 5 amide bonds. The number of rotatable bonds is 19. The lowest BCUT2D eigenvalue weighted by Gasteiger charge is -2.27. The maximum atomic E-state index is 13.1. The molecule has 15 nitrogen and oxygen atoms in total. The average molecular weight is 620 g/mol. The molecule has 3 N–H and O–H groups in total. The van der Waals surface area contributed by atoms with Gasteiger partial charge in [0, 0.05) is 45.7 Å². The Kier molecular flexibility index (Phi) is 13.5. The third-order valence-electron chi connectivity index (χ3n) is 7.23. The predicted molar refractivity (Wildman–Crippen MR) is 154 cm³/mol. The summed E-state index contributed by atoms with van der Waals surface area (Å²) < 4.78 is 27.6. The Bertz CT molecular complexity index is 1160. The predicted octanol–water partition coefficient (Wildman–Crippen LogP) is -1.45. The second kappa shape index (κ2) is 17.7. The SMILES string of the molecule is O=C(COc1cccc2c1C(=O)N(C1CCC(=O)NC1=O)C2=O)NCCOCCOCCOCCOCCN1CCNCC1. The lowest BCUT2D eigenvalue weighted by Crippen LogP contribution is -2.54. The van der Waals surface area contributed by atoms with E-state index in [9.17, 15) is 24.0 Å². The first-order valence-electron chi connectivity index (χ1n) is 14.9. The first-order valence-corrected chi connectivity index (χ1v) is 14.9. The van der Waals surface area contributed by atoms with Crippen molar-refractivity contribution >= 4 is 29.5 Å². The van der Waals surface area contributed by atoms with Gasteiger partial charge in [0.1, 0.15) is 11.8 Å². The fourth-order valence-corrected chi connectivity index (χ4v) is 4.95. The van der Waals surface area contributed by atoms with Gasteiger partial charge in [0.25, 0.3) is 17.7 Å². The average Bonchev–Trinajstić information content (AvgIpc) is 3.28. The van der Waals surface area contributed by atoms with Crippen molar-refractivity contribution in [3.8, 4) is 5.75 Å². The van der Waals surface area contributed by atoms with Gasteiger partial charge in [-0.25, -0.2) is 0 Å². The summed E-state index contributed by atoms with van der Waals surface area (Å²) in [6, 6.07) is 3.37. The summed E-state index contributed by atoms with van der Waals surface area (Å²) in [5, 5.41) is 8.13. The minimum atomic E-state index is -1.09. The zero-order valence-corrected chi connectivity index (χ0v) is 24.8. The number of carbonyl (C=O) groups is 5. The molecule has 3 aliphatic heterocycles. The number of hydrogen-bond acceptors (Lipinski definition) is 12. The molecule has 1 aromatic rings. The second-order valence-corrected chi connectivity index (χ2v) is 10.3. The molecule has 44 heavy (non-hydrogen) atoms. The van der Waals surface area contributed by atoms with E-state index >= 15 is 0 Å². The summed E-state index contributed by atoms with van der Waals surface area (Å²) in [6.07, 6.45) is 0.0678. The monoisotopic (exact) mass is 619 g/mol. The number of hydrogen-bond donors (Lipinski definition) is 3. The molecule has 1 unspecified atom stereocenters. The molecule has 0 bridgehead atoms. The van der Waals surface area contributed by atoms with E-state index in [-0.39, 0.29) is 49.5 Å². The molecule has 3 heterocycles. The number of nitrogens with one attached hydrogen (secondary N) is 3. The molecule has 4 rings (SSSR count). The van der Waals surface area contributed by atoms with Crippen LogP contribution in [-0.4, -0.2) is 144 Å². The first kappa shape index (κ1) is 33.4. The Labute approximate surface area is 255 Å². The number of piperazine rings is 1. The molecular formula is C29H41N5O10. The molecule has 0 aromatic heterocycles. The number of amides is 5. The lowest BCUT2D eigenvalue weighted by atomic mass is 10.0. The molecule has 0 aliphatic carbocycles. The Morgan fingerprint density at radius 3 is 2.20 bits per heavy atom. The van der Waals surface area contributed by atoms with Crippen LogP contribution in [0.4, 0.5) is 0 Å². The van der Waals surface area contributed by atoms with Crippen LogP contribution in [0.25, 0.3) is 0 Å². The molecule has 2 fully saturated rings. The highest BCUT2D eigenvalue weighted by Crippen LogP contribution is 2.33. The number of piperidine rings is 1. The number of fused-ring (bicyclic) bond motifs is 1. The maximum absolute atomic E-state index is 13.1. The summed E-state index contributed by atoms with van der Waals surface area (Å²) >= 11 is 0. The molecule has 3 aliphatic rings. The third kappa shape index (κ3) is 9.77. The molecular weight excluding hydrogens is 578 g/mol. The summed E-state index contributed by atoms with van der Waals surface area (Å²) in [5.74, 6) is -2.89. The summed E-state index contributed by atoms with van der Waals surface area (Å²) in [5.41, 5.74) is 0.0593. The standard InChI is InChI=1S/C29H41N5O10/c35-24-5-4-22(27(37)32-24)34-28(38)21-2-1-3-23(26(21)29(34)39)44-20-25(36)31-8-12-40-14-16-42-18-19-43-17-15-41-13-11-33-9-6-30-7-10-33/h1-3,22,30H,4-20H2,(H,31,36)(H,32,35,37). The van der Waals surface area contributed by atoms with Crippen LogP contribution in [0.15, 0.2) is 18.2 Å². The van der Waals surface area contributed by atoms with Gasteiger partial charge >= 0.3 is 0 Å². The van der Waals surface area contributed by atoms with Crippen LogP contribution < -0.4 is 20.7 Å². The molecule has 1 atom stereocenters. The fourth-order valence-electron chi connectivity index (χ4n) is 4.95. The van der Waals surface area contributed by atoms with Crippen LogP contribution in [-0.2, 0) is 33.3 Å². The summed E-state index contributed by atoms with van der Waals surface area (Å²) in [4.78, 5) is 65.2.